The average molecular weight is 577 g/mol. The molecule has 2 amide bonds. The highest BCUT2D eigenvalue weighted by atomic mass is 35.5. The number of nitrogens with one attached hydrogen (secondary N) is 3. The summed E-state index contributed by atoms with van der Waals surface area (Å²) in [6, 6.07) is 10.3. The number of ether oxygens (including phenoxy) is 1. The molecule has 214 valence electrons. The Kier molecular flexibility index (Phi) is 9.35. The second-order valence-corrected chi connectivity index (χ2v) is 10.7. The number of rotatable bonds is 8. The maximum atomic E-state index is 15.9. The number of hydrogen-bond acceptors (Lipinski definition) is 5. The zero-order chi connectivity index (χ0) is 29.8. The molecule has 0 aliphatic heterocycles. The minimum absolute atomic E-state index is 0.0219. The Morgan fingerprint density at radius 1 is 1.05 bits per heavy atom. The van der Waals surface area contributed by atoms with Gasteiger partial charge in [0.05, 0.1) is 18.3 Å². The van der Waals surface area contributed by atoms with Gasteiger partial charge < -0.3 is 15.4 Å². The number of alkyl halides is 2. The summed E-state index contributed by atoms with van der Waals surface area (Å²) in [5, 5.41) is 7.73. The van der Waals surface area contributed by atoms with Crippen molar-refractivity contribution in [3.8, 4) is 0 Å². The van der Waals surface area contributed by atoms with E-state index in [2.05, 4.69) is 20.9 Å². The van der Waals surface area contributed by atoms with E-state index in [1.54, 1.807) is 46.8 Å². The molecule has 0 spiro atoms. The molecule has 0 aliphatic carbocycles. The molecule has 1 heterocycles. The Labute approximate surface area is 236 Å². The number of hydrogen-bond donors (Lipinski definition) is 3. The highest BCUT2D eigenvalue weighted by molar-refractivity contribution is 6.31. The highest BCUT2D eigenvalue weighted by Gasteiger charge is 2.33. The summed E-state index contributed by atoms with van der Waals surface area (Å²) in [5.74, 6) is -4.47. The maximum absolute atomic E-state index is 15.9. The number of carbonyl (C=O) groups is 2. The van der Waals surface area contributed by atoms with Gasteiger partial charge in [0.15, 0.2) is 5.82 Å². The summed E-state index contributed by atoms with van der Waals surface area (Å²) < 4.78 is 50.7. The fraction of sp³-hybridized carbons (Fsp3) is 0.345. The molecule has 3 rings (SSSR count). The summed E-state index contributed by atoms with van der Waals surface area (Å²) in [5.41, 5.74) is 0.0879. The van der Waals surface area contributed by atoms with Crippen molar-refractivity contribution in [2.45, 2.75) is 59.1 Å². The van der Waals surface area contributed by atoms with Gasteiger partial charge in [-0.3, -0.25) is 10.1 Å². The van der Waals surface area contributed by atoms with E-state index in [-0.39, 0.29) is 27.7 Å². The lowest BCUT2D eigenvalue weighted by molar-refractivity contribution is -0.119. The van der Waals surface area contributed by atoms with Crippen LogP contribution in [0.1, 0.15) is 61.7 Å². The number of halogens is 4. The standard InChI is InChI=1S/C29H32ClF3N4O3/c1-16-14-22(37-27(39)40-28(4,5)6)35-17(2)23(16)26(36-18(3)38)24-20(30)12-13-21(25(24)31)34-15-29(32,33)19-10-8-7-9-11-19/h7-14,26,34H,15H2,1-6H3,(H,36,38)(H,35,37,39). The van der Waals surface area contributed by atoms with Crippen LogP contribution in [-0.2, 0) is 15.5 Å². The number of amides is 2. The molecule has 0 bridgehead atoms. The molecule has 11 heteroatoms. The maximum Gasteiger partial charge on any atom is 0.413 e. The zero-order valence-corrected chi connectivity index (χ0v) is 23.8. The van der Waals surface area contributed by atoms with Gasteiger partial charge in [-0.15, -0.1) is 0 Å². The molecule has 0 saturated heterocycles. The number of aromatic nitrogens is 1. The molecule has 1 aromatic heterocycles. The molecule has 1 atom stereocenters. The van der Waals surface area contributed by atoms with Crippen LogP contribution >= 0.6 is 11.6 Å². The topological polar surface area (TPSA) is 92.4 Å². The Balaban J connectivity index is 1.99. The first kappa shape index (κ1) is 30.7. The van der Waals surface area contributed by atoms with Crippen molar-refractivity contribution in [3.05, 3.63) is 87.3 Å². The molecular formula is C29H32ClF3N4O3. The van der Waals surface area contributed by atoms with Crippen LogP contribution in [-0.4, -0.2) is 29.1 Å². The highest BCUT2D eigenvalue weighted by Crippen LogP contribution is 2.38. The minimum atomic E-state index is -3.28. The zero-order valence-electron chi connectivity index (χ0n) is 23.1. The summed E-state index contributed by atoms with van der Waals surface area (Å²) in [7, 11) is 0. The van der Waals surface area contributed by atoms with Crippen LogP contribution in [0.5, 0.6) is 0 Å². The van der Waals surface area contributed by atoms with Crippen molar-refractivity contribution < 1.29 is 27.5 Å². The van der Waals surface area contributed by atoms with Crippen molar-refractivity contribution in [1.29, 1.82) is 0 Å². The number of carbonyl (C=O) groups excluding carboxylic acids is 2. The molecular weight excluding hydrogens is 545 g/mol. The molecule has 2 aromatic carbocycles. The van der Waals surface area contributed by atoms with Crippen LogP contribution in [0.4, 0.5) is 29.5 Å². The lowest BCUT2D eigenvalue weighted by Gasteiger charge is -2.26. The molecule has 40 heavy (non-hydrogen) atoms. The summed E-state index contributed by atoms with van der Waals surface area (Å²) in [6.45, 7) is 8.90. The van der Waals surface area contributed by atoms with Crippen LogP contribution < -0.4 is 16.0 Å². The van der Waals surface area contributed by atoms with Gasteiger partial charge in [-0.2, -0.15) is 8.78 Å². The quantitative estimate of drug-likeness (QED) is 0.262. The van der Waals surface area contributed by atoms with Gasteiger partial charge in [0.2, 0.25) is 5.91 Å². The van der Waals surface area contributed by atoms with Crippen LogP contribution in [0.15, 0.2) is 48.5 Å². The molecule has 1 unspecified atom stereocenters. The molecule has 0 saturated carbocycles. The second kappa shape index (κ2) is 12.2. The van der Waals surface area contributed by atoms with Crippen LogP contribution in [0.2, 0.25) is 5.02 Å². The Morgan fingerprint density at radius 3 is 2.27 bits per heavy atom. The van der Waals surface area contributed by atoms with E-state index in [0.29, 0.717) is 16.8 Å². The van der Waals surface area contributed by atoms with Gasteiger partial charge in [-0.1, -0.05) is 41.9 Å². The van der Waals surface area contributed by atoms with Gasteiger partial charge in [-0.25, -0.2) is 14.2 Å². The number of anilines is 2. The monoisotopic (exact) mass is 576 g/mol. The first-order valence-corrected chi connectivity index (χ1v) is 12.9. The Bertz CT molecular complexity index is 1370. The van der Waals surface area contributed by atoms with Crippen molar-refractivity contribution in [2.75, 3.05) is 17.2 Å². The molecule has 0 fully saturated rings. The van der Waals surface area contributed by atoms with E-state index in [4.69, 9.17) is 16.3 Å². The average Bonchev–Trinajstić information content (AvgIpc) is 2.82. The van der Waals surface area contributed by atoms with Gasteiger partial charge >= 0.3 is 6.09 Å². The van der Waals surface area contributed by atoms with Gasteiger partial charge in [-0.05, 0) is 58.4 Å². The largest absolute Gasteiger partial charge is 0.444 e. The van der Waals surface area contributed by atoms with Crippen LogP contribution in [0.25, 0.3) is 0 Å². The van der Waals surface area contributed by atoms with Crippen molar-refractivity contribution >= 4 is 35.1 Å². The van der Waals surface area contributed by atoms with Crippen LogP contribution in [0.3, 0.4) is 0 Å². The van der Waals surface area contributed by atoms with E-state index in [1.165, 1.54) is 43.3 Å². The van der Waals surface area contributed by atoms with Gasteiger partial charge in [0.25, 0.3) is 5.92 Å². The first-order valence-electron chi connectivity index (χ1n) is 12.5. The number of pyridine rings is 1. The van der Waals surface area contributed by atoms with E-state index in [1.807, 2.05) is 0 Å². The fourth-order valence-electron chi connectivity index (χ4n) is 4.20. The van der Waals surface area contributed by atoms with E-state index in [9.17, 15) is 18.4 Å². The predicted molar refractivity (Wildman–Crippen MR) is 149 cm³/mol. The molecule has 0 aliphatic rings. The fourth-order valence-corrected chi connectivity index (χ4v) is 4.46. The second-order valence-electron chi connectivity index (χ2n) is 10.3. The number of nitrogens with zero attached hydrogens (tertiary/aromatic N) is 1. The third-order valence-corrected chi connectivity index (χ3v) is 6.16. The van der Waals surface area contributed by atoms with Gasteiger partial charge in [0, 0.05) is 34.3 Å². The molecule has 7 nitrogen and oxygen atoms in total. The molecule has 3 N–H and O–H groups in total. The number of benzene rings is 2. The van der Waals surface area contributed by atoms with Crippen molar-refractivity contribution in [1.82, 2.24) is 10.3 Å². The predicted octanol–water partition coefficient (Wildman–Crippen LogP) is 7.27. The summed E-state index contributed by atoms with van der Waals surface area (Å²) in [4.78, 5) is 28.8. The molecule has 3 aromatic rings. The first-order chi connectivity index (χ1) is 18.6. The Hall–Kier alpha value is -3.79. The molecule has 0 radical (unpaired) electrons. The van der Waals surface area contributed by atoms with E-state index >= 15 is 4.39 Å². The summed E-state index contributed by atoms with van der Waals surface area (Å²) >= 11 is 6.42. The third kappa shape index (κ3) is 7.65. The minimum Gasteiger partial charge on any atom is -0.444 e. The van der Waals surface area contributed by atoms with Crippen molar-refractivity contribution in [3.63, 3.8) is 0 Å². The summed E-state index contributed by atoms with van der Waals surface area (Å²) in [6.07, 6.45) is -0.704. The lowest BCUT2D eigenvalue weighted by atomic mass is 9.92. The Morgan fingerprint density at radius 2 is 1.70 bits per heavy atom. The van der Waals surface area contributed by atoms with Crippen LogP contribution in [0, 0.1) is 19.7 Å². The third-order valence-electron chi connectivity index (χ3n) is 5.83. The normalized spacial score (nSPS) is 12.4. The SMILES string of the molecule is CC(=O)NC(c1c(C)cc(NC(=O)OC(C)(C)C)nc1C)c1c(Cl)ccc(NCC(F)(F)c2ccccc2)c1F. The lowest BCUT2D eigenvalue weighted by Crippen LogP contribution is -2.30. The number of aryl methyl sites for hydroxylation is 2. The van der Waals surface area contributed by atoms with Crippen molar-refractivity contribution in [2.24, 2.45) is 0 Å². The van der Waals surface area contributed by atoms with E-state index < -0.39 is 41.9 Å². The smallest absolute Gasteiger partial charge is 0.413 e. The van der Waals surface area contributed by atoms with E-state index in [0.717, 1.165) is 0 Å². The van der Waals surface area contributed by atoms with Gasteiger partial charge in [0.1, 0.15) is 11.4 Å².